The topological polar surface area (TPSA) is 35.2 Å². The van der Waals surface area contributed by atoms with Crippen LogP contribution < -0.4 is 10.5 Å². The van der Waals surface area contributed by atoms with Crippen molar-refractivity contribution < 1.29 is 9.13 Å². The summed E-state index contributed by atoms with van der Waals surface area (Å²) in [6, 6.07) is 7.55. The van der Waals surface area contributed by atoms with Crippen molar-refractivity contribution in [1.82, 2.24) is 0 Å². The molecular weight excluding hydrogens is 324 g/mol. The van der Waals surface area contributed by atoms with Crippen LogP contribution >= 0.6 is 34.8 Å². The first-order valence-corrected chi connectivity index (χ1v) is 6.96. The minimum atomic E-state index is -0.488. The molecule has 0 amide bonds. The molecule has 2 N–H and O–H groups in total. The minimum Gasteiger partial charge on any atom is -0.452 e. The molecule has 0 saturated carbocycles. The normalized spacial score (nSPS) is 10.7. The first-order valence-electron chi connectivity index (χ1n) is 5.82. The maximum Gasteiger partial charge on any atom is 0.166 e. The van der Waals surface area contributed by atoms with Gasteiger partial charge >= 0.3 is 0 Å². The van der Waals surface area contributed by atoms with Gasteiger partial charge in [0.1, 0.15) is 5.75 Å². The van der Waals surface area contributed by atoms with Gasteiger partial charge in [0.25, 0.3) is 0 Å². The van der Waals surface area contributed by atoms with E-state index in [1.54, 1.807) is 12.1 Å². The fourth-order valence-corrected chi connectivity index (χ4v) is 2.29. The van der Waals surface area contributed by atoms with Crippen LogP contribution in [0, 0.1) is 5.82 Å². The van der Waals surface area contributed by atoms with E-state index in [1.807, 2.05) is 0 Å². The van der Waals surface area contributed by atoms with E-state index < -0.39 is 5.82 Å². The van der Waals surface area contributed by atoms with E-state index in [0.29, 0.717) is 23.6 Å². The summed E-state index contributed by atoms with van der Waals surface area (Å²) in [5.41, 5.74) is 6.17. The zero-order chi connectivity index (χ0) is 14.7. The van der Waals surface area contributed by atoms with Crippen molar-refractivity contribution in [3.63, 3.8) is 0 Å². The lowest BCUT2D eigenvalue weighted by Gasteiger charge is -2.13. The summed E-state index contributed by atoms with van der Waals surface area (Å²) in [6.07, 6.45) is 0.492. The molecule has 0 atom stereocenters. The van der Waals surface area contributed by atoms with Gasteiger partial charge < -0.3 is 10.5 Å². The summed E-state index contributed by atoms with van der Waals surface area (Å²) >= 11 is 17.8. The number of halogens is 4. The number of ether oxygens (including phenoxy) is 1. The highest BCUT2D eigenvalue weighted by Crippen LogP contribution is 2.38. The van der Waals surface area contributed by atoms with Crippen LogP contribution in [0.5, 0.6) is 11.5 Å². The first-order chi connectivity index (χ1) is 9.52. The molecular formula is C14H11Cl3FNO. The lowest BCUT2D eigenvalue weighted by molar-refractivity contribution is 0.436. The highest BCUT2D eigenvalue weighted by molar-refractivity contribution is 6.43. The van der Waals surface area contributed by atoms with E-state index in [0.717, 1.165) is 0 Å². The molecule has 2 aromatic rings. The van der Waals surface area contributed by atoms with Crippen molar-refractivity contribution in [2.75, 3.05) is 6.54 Å². The second kappa shape index (κ2) is 6.64. The largest absolute Gasteiger partial charge is 0.452 e. The molecule has 2 aromatic carbocycles. The molecule has 0 aliphatic carbocycles. The van der Waals surface area contributed by atoms with E-state index in [2.05, 4.69) is 0 Å². The summed E-state index contributed by atoms with van der Waals surface area (Å²) < 4.78 is 19.5. The molecule has 2 nitrogen and oxygen atoms in total. The second-order valence-electron chi connectivity index (χ2n) is 4.07. The van der Waals surface area contributed by atoms with Crippen molar-refractivity contribution in [2.45, 2.75) is 6.42 Å². The maximum absolute atomic E-state index is 13.9. The Kier molecular flexibility index (Phi) is 5.11. The second-order valence-corrected chi connectivity index (χ2v) is 5.29. The van der Waals surface area contributed by atoms with Crippen molar-refractivity contribution in [3.8, 4) is 11.5 Å². The number of hydrogen-bond acceptors (Lipinski definition) is 2. The fraction of sp³-hybridized carbons (Fsp3) is 0.143. The Labute approximate surface area is 131 Å². The molecule has 0 bridgehead atoms. The van der Waals surface area contributed by atoms with Gasteiger partial charge in [-0.15, -0.1) is 0 Å². The van der Waals surface area contributed by atoms with Gasteiger partial charge in [0.05, 0.1) is 15.1 Å². The van der Waals surface area contributed by atoms with Gasteiger partial charge in [0.15, 0.2) is 11.6 Å². The van der Waals surface area contributed by atoms with Gasteiger partial charge in [-0.05, 0) is 30.7 Å². The third-order valence-electron chi connectivity index (χ3n) is 2.65. The molecule has 0 aromatic heterocycles. The van der Waals surface area contributed by atoms with Gasteiger partial charge in [0, 0.05) is 6.07 Å². The molecule has 0 radical (unpaired) electrons. The Bertz CT molecular complexity index is 634. The molecule has 20 heavy (non-hydrogen) atoms. The summed E-state index contributed by atoms with van der Waals surface area (Å²) in [6.45, 7) is 0.384. The monoisotopic (exact) mass is 333 g/mol. The zero-order valence-electron chi connectivity index (χ0n) is 10.3. The fourth-order valence-electron chi connectivity index (χ4n) is 1.71. The molecule has 0 fully saturated rings. The molecule has 6 heteroatoms. The first kappa shape index (κ1) is 15.4. The van der Waals surface area contributed by atoms with Crippen molar-refractivity contribution in [1.29, 1.82) is 0 Å². The number of para-hydroxylation sites is 1. The molecule has 0 spiro atoms. The summed E-state index contributed by atoms with van der Waals surface area (Å²) in [5, 5.41) is 0.837. The van der Waals surface area contributed by atoms with Crippen molar-refractivity contribution in [2.24, 2.45) is 5.73 Å². The van der Waals surface area contributed by atoms with Gasteiger partial charge in [-0.2, -0.15) is 0 Å². The third kappa shape index (κ3) is 3.36. The minimum absolute atomic E-state index is 0.0956. The van der Waals surface area contributed by atoms with Crippen LogP contribution in [0.4, 0.5) is 4.39 Å². The summed E-state index contributed by atoms with van der Waals surface area (Å²) in [5.74, 6) is -0.152. The van der Waals surface area contributed by atoms with Crippen LogP contribution in [0.25, 0.3) is 0 Å². The standard InChI is InChI=1S/C14H11Cl3FNO/c15-9-6-11(17)13(7-10(9)16)20-14-8(4-5-19)2-1-3-12(14)18/h1-3,6-7H,4-5,19H2. The molecule has 2 rings (SSSR count). The third-order valence-corrected chi connectivity index (χ3v) is 3.67. The molecule has 0 saturated heterocycles. The van der Waals surface area contributed by atoms with Crippen LogP contribution in [0.15, 0.2) is 30.3 Å². The summed E-state index contributed by atoms with van der Waals surface area (Å²) in [7, 11) is 0. The predicted octanol–water partition coefficient (Wildman–Crippen LogP) is 5.08. The predicted molar refractivity (Wildman–Crippen MR) is 80.7 cm³/mol. The smallest absolute Gasteiger partial charge is 0.166 e. The Morgan fingerprint density at radius 2 is 1.75 bits per heavy atom. The summed E-state index contributed by atoms with van der Waals surface area (Å²) in [4.78, 5) is 0. The van der Waals surface area contributed by atoms with Crippen LogP contribution in [0.1, 0.15) is 5.56 Å². The van der Waals surface area contributed by atoms with Crippen molar-refractivity contribution in [3.05, 3.63) is 56.8 Å². The number of benzene rings is 2. The Morgan fingerprint density at radius 3 is 2.45 bits per heavy atom. The molecule has 0 aliphatic rings. The number of rotatable bonds is 4. The van der Waals surface area contributed by atoms with Crippen LogP contribution in [-0.4, -0.2) is 6.54 Å². The Morgan fingerprint density at radius 1 is 1.05 bits per heavy atom. The zero-order valence-corrected chi connectivity index (χ0v) is 12.6. The lowest BCUT2D eigenvalue weighted by Crippen LogP contribution is -2.05. The van der Waals surface area contributed by atoms with E-state index in [4.69, 9.17) is 45.3 Å². The van der Waals surface area contributed by atoms with E-state index >= 15 is 0 Å². The van der Waals surface area contributed by atoms with Gasteiger partial charge in [-0.3, -0.25) is 0 Å². The van der Waals surface area contributed by atoms with E-state index in [-0.39, 0.29) is 21.5 Å². The number of nitrogens with two attached hydrogens (primary N) is 1. The van der Waals surface area contributed by atoms with Gasteiger partial charge in [-0.1, -0.05) is 46.9 Å². The average molecular weight is 335 g/mol. The Hall–Kier alpha value is -1.000. The number of hydrogen-bond donors (Lipinski definition) is 1. The van der Waals surface area contributed by atoms with Crippen molar-refractivity contribution >= 4 is 34.8 Å². The highest BCUT2D eigenvalue weighted by Gasteiger charge is 2.14. The van der Waals surface area contributed by atoms with Gasteiger partial charge in [0.2, 0.25) is 0 Å². The molecule has 0 unspecified atom stereocenters. The van der Waals surface area contributed by atoms with Gasteiger partial charge in [-0.25, -0.2) is 4.39 Å². The molecule has 106 valence electrons. The van der Waals surface area contributed by atoms with Crippen LogP contribution in [0.3, 0.4) is 0 Å². The van der Waals surface area contributed by atoms with Crippen LogP contribution in [0.2, 0.25) is 15.1 Å². The molecule has 0 aliphatic heterocycles. The van der Waals surface area contributed by atoms with E-state index in [9.17, 15) is 4.39 Å². The molecule has 0 heterocycles. The highest BCUT2D eigenvalue weighted by atomic mass is 35.5. The maximum atomic E-state index is 13.9. The average Bonchev–Trinajstić information content (AvgIpc) is 2.40. The quantitative estimate of drug-likeness (QED) is 0.791. The van der Waals surface area contributed by atoms with E-state index in [1.165, 1.54) is 18.2 Å². The van der Waals surface area contributed by atoms with Crippen LogP contribution in [-0.2, 0) is 6.42 Å². The SMILES string of the molecule is NCCc1cccc(F)c1Oc1cc(Cl)c(Cl)cc1Cl. The lowest BCUT2D eigenvalue weighted by atomic mass is 10.1. The Balaban J connectivity index is 2.42.